The fourth-order valence-electron chi connectivity index (χ4n) is 1.98. The molecule has 0 amide bonds. The average Bonchev–Trinajstić information content (AvgIpc) is 2.52. The summed E-state index contributed by atoms with van der Waals surface area (Å²) in [5.41, 5.74) is -3.94. The molecule has 2 aromatic rings. The van der Waals surface area contributed by atoms with Crippen LogP contribution in [0.2, 0.25) is 0 Å². The van der Waals surface area contributed by atoms with Crippen molar-refractivity contribution in [2.75, 3.05) is 7.11 Å². The summed E-state index contributed by atoms with van der Waals surface area (Å²) < 4.78 is 4.82. The molecule has 3 N–H and O–H groups in total. The number of benzene rings is 1. The number of ether oxygens (including phenoxy) is 1. The molecule has 0 aliphatic heterocycles. The molecule has 0 spiro atoms. The Labute approximate surface area is 137 Å². The van der Waals surface area contributed by atoms with Gasteiger partial charge in [0, 0.05) is 6.07 Å². The van der Waals surface area contributed by atoms with E-state index in [4.69, 9.17) is 4.74 Å². The molecule has 12 heteroatoms. The first-order chi connectivity index (χ1) is 11.7. The van der Waals surface area contributed by atoms with Crippen LogP contribution < -0.4 is 16.0 Å². The maximum atomic E-state index is 11.5. The number of phenols is 1. The van der Waals surface area contributed by atoms with Gasteiger partial charge >= 0.3 is 22.6 Å². The second kappa shape index (κ2) is 6.66. The van der Waals surface area contributed by atoms with Crippen LogP contribution in [-0.4, -0.2) is 32.0 Å². The molecular formula is C13H10N4O8. The zero-order valence-electron chi connectivity index (χ0n) is 12.5. The monoisotopic (exact) mass is 350 g/mol. The Bertz CT molecular complexity index is 1000. The van der Waals surface area contributed by atoms with Crippen molar-refractivity contribution in [1.29, 1.82) is 0 Å². The third-order valence-electron chi connectivity index (χ3n) is 3.06. The number of aromatic amines is 2. The van der Waals surface area contributed by atoms with E-state index in [2.05, 4.69) is 4.98 Å². The van der Waals surface area contributed by atoms with Crippen molar-refractivity contribution in [3.63, 3.8) is 0 Å². The van der Waals surface area contributed by atoms with E-state index in [0.29, 0.717) is 0 Å². The van der Waals surface area contributed by atoms with Crippen LogP contribution in [0, 0.1) is 20.2 Å². The van der Waals surface area contributed by atoms with Crippen molar-refractivity contribution in [3.8, 4) is 11.5 Å². The molecular weight excluding hydrogens is 340 g/mol. The van der Waals surface area contributed by atoms with Crippen LogP contribution in [-0.2, 0) is 0 Å². The van der Waals surface area contributed by atoms with Crippen molar-refractivity contribution in [3.05, 3.63) is 64.5 Å². The van der Waals surface area contributed by atoms with E-state index < -0.39 is 43.9 Å². The zero-order valence-corrected chi connectivity index (χ0v) is 12.5. The molecule has 0 aliphatic carbocycles. The molecule has 0 unspecified atom stereocenters. The zero-order chi connectivity index (χ0) is 18.7. The van der Waals surface area contributed by atoms with Gasteiger partial charge in [0.2, 0.25) is 5.75 Å². The van der Waals surface area contributed by atoms with E-state index in [0.717, 1.165) is 12.1 Å². The highest BCUT2D eigenvalue weighted by molar-refractivity contribution is 5.74. The Hall–Kier alpha value is -3.96. The van der Waals surface area contributed by atoms with Gasteiger partial charge in [0.15, 0.2) is 5.75 Å². The van der Waals surface area contributed by atoms with Gasteiger partial charge in [-0.2, -0.15) is 0 Å². The van der Waals surface area contributed by atoms with Gasteiger partial charge in [-0.1, -0.05) is 6.08 Å². The summed E-state index contributed by atoms with van der Waals surface area (Å²) in [4.78, 5) is 46.7. The van der Waals surface area contributed by atoms with Crippen LogP contribution >= 0.6 is 0 Å². The summed E-state index contributed by atoms with van der Waals surface area (Å²) in [6, 6.07) is 2.22. The van der Waals surface area contributed by atoms with Gasteiger partial charge in [0.1, 0.15) is 5.69 Å². The highest BCUT2D eigenvalue weighted by atomic mass is 16.6. The van der Waals surface area contributed by atoms with Crippen LogP contribution in [0.3, 0.4) is 0 Å². The Balaban J connectivity index is 2.59. The molecule has 12 nitrogen and oxygen atoms in total. The van der Waals surface area contributed by atoms with E-state index in [9.17, 15) is 34.9 Å². The van der Waals surface area contributed by atoms with E-state index >= 15 is 0 Å². The Morgan fingerprint density at radius 2 is 1.80 bits per heavy atom. The molecule has 2 rings (SSSR count). The quantitative estimate of drug-likeness (QED) is 0.521. The minimum atomic E-state index is -1.19. The SMILES string of the molecule is COc1cc(/C=C\c2[nH]c(=O)[nH]c(=O)c2[N+](=O)[O-])cc([N+](=O)[O-])c1O. The standard InChI is InChI=1S/C13H10N4O8/c1-25-9-5-6(4-8(11(9)18)16(21)22)2-3-7-10(17(23)24)12(19)15-13(20)14-7/h2-5,18H,1H3,(H2,14,15,19,20)/b3-2-. The number of nitro benzene ring substituents is 1. The fraction of sp³-hybridized carbons (Fsp3) is 0.0769. The van der Waals surface area contributed by atoms with Crippen LogP contribution in [0.5, 0.6) is 11.5 Å². The van der Waals surface area contributed by atoms with Gasteiger partial charge < -0.3 is 14.8 Å². The topological polar surface area (TPSA) is 181 Å². The van der Waals surface area contributed by atoms with E-state index in [-0.39, 0.29) is 11.3 Å². The number of hydrogen-bond acceptors (Lipinski definition) is 8. The smallest absolute Gasteiger partial charge is 0.357 e. The highest BCUT2D eigenvalue weighted by Crippen LogP contribution is 2.37. The summed E-state index contributed by atoms with van der Waals surface area (Å²) in [5, 5.41) is 31.6. The molecule has 0 saturated carbocycles. The summed E-state index contributed by atoms with van der Waals surface area (Å²) in [6.07, 6.45) is 2.21. The van der Waals surface area contributed by atoms with Crippen LogP contribution in [0.4, 0.5) is 11.4 Å². The molecule has 0 atom stereocenters. The first kappa shape index (κ1) is 17.4. The van der Waals surface area contributed by atoms with Gasteiger partial charge in [0.25, 0.3) is 0 Å². The number of hydrogen-bond donors (Lipinski definition) is 3. The third-order valence-corrected chi connectivity index (χ3v) is 3.06. The van der Waals surface area contributed by atoms with Crippen LogP contribution in [0.15, 0.2) is 21.7 Å². The number of phenolic OH excluding ortho intramolecular Hbond substituents is 1. The van der Waals surface area contributed by atoms with Crippen LogP contribution in [0.25, 0.3) is 12.2 Å². The summed E-state index contributed by atoms with van der Waals surface area (Å²) in [5.74, 6) is -0.872. The number of nitrogens with zero attached hydrogens (tertiary/aromatic N) is 2. The molecule has 0 aliphatic rings. The minimum Gasteiger partial charge on any atom is -0.500 e. The minimum absolute atomic E-state index is 0.136. The number of nitrogens with one attached hydrogen (secondary N) is 2. The van der Waals surface area contributed by atoms with Crippen LogP contribution in [0.1, 0.15) is 11.3 Å². The average molecular weight is 350 g/mol. The molecule has 1 aromatic carbocycles. The summed E-state index contributed by atoms with van der Waals surface area (Å²) >= 11 is 0. The summed E-state index contributed by atoms with van der Waals surface area (Å²) in [7, 11) is 1.19. The number of rotatable bonds is 5. The second-order valence-corrected chi connectivity index (χ2v) is 4.61. The largest absolute Gasteiger partial charge is 0.500 e. The van der Waals surface area contributed by atoms with Gasteiger partial charge in [0.05, 0.1) is 17.0 Å². The molecule has 1 aromatic heterocycles. The Kier molecular flexibility index (Phi) is 4.63. The lowest BCUT2D eigenvalue weighted by molar-refractivity contribution is -0.386. The number of aromatic nitrogens is 2. The van der Waals surface area contributed by atoms with E-state index in [1.807, 2.05) is 0 Å². The van der Waals surface area contributed by atoms with Gasteiger partial charge in [-0.25, -0.2) is 4.79 Å². The maximum absolute atomic E-state index is 11.5. The fourth-order valence-corrected chi connectivity index (χ4v) is 1.98. The van der Waals surface area contributed by atoms with Crippen molar-refractivity contribution >= 4 is 23.5 Å². The van der Waals surface area contributed by atoms with Crippen molar-refractivity contribution in [2.45, 2.75) is 0 Å². The number of aromatic hydroxyl groups is 1. The van der Waals surface area contributed by atoms with Gasteiger partial charge in [-0.15, -0.1) is 0 Å². The van der Waals surface area contributed by atoms with Gasteiger partial charge in [-0.05, 0) is 17.7 Å². The third kappa shape index (κ3) is 3.52. The molecule has 0 fully saturated rings. The second-order valence-electron chi connectivity index (χ2n) is 4.61. The normalized spacial score (nSPS) is 10.8. The summed E-state index contributed by atoms with van der Waals surface area (Å²) in [6.45, 7) is 0. The van der Waals surface area contributed by atoms with Crippen molar-refractivity contribution in [2.24, 2.45) is 0 Å². The molecule has 130 valence electrons. The Morgan fingerprint density at radius 1 is 1.12 bits per heavy atom. The first-order valence-electron chi connectivity index (χ1n) is 6.49. The molecule has 0 radical (unpaired) electrons. The molecule has 0 saturated heterocycles. The lowest BCUT2D eigenvalue weighted by Crippen LogP contribution is -2.25. The molecule has 25 heavy (non-hydrogen) atoms. The Morgan fingerprint density at radius 3 is 2.36 bits per heavy atom. The van der Waals surface area contributed by atoms with Crippen molar-refractivity contribution in [1.82, 2.24) is 9.97 Å². The lowest BCUT2D eigenvalue weighted by Gasteiger charge is -2.05. The van der Waals surface area contributed by atoms with Crippen molar-refractivity contribution < 1.29 is 19.7 Å². The van der Waals surface area contributed by atoms with E-state index in [1.54, 1.807) is 4.98 Å². The van der Waals surface area contributed by atoms with E-state index in [1.165, 1.54) is 19.3 Å². The number of H-pyrrole nitrogens is 2. The predicted octanol–water partition coefficient (Wildman–Crippen LogP) is 0.764. The first-order valence-corrected chi connectivity index (χ1v) is 6.49. The maximum Gasteiger partial charge on any atom is 0.357 e. The lowest BCUT2D eigenvalue weighted by atomic mass is 10.1. The number of nitro groups is 2. The van der Waals surface area contributed by atoms with Gasteiger partial charge in [-0.3, -0.25) is 30.0 Å². The highest BCUT2D eigenvalue weighted by Gasteiger charge is 2.21. The number of methoxy groups -OCH3 is 1. The predicted molar refractivity (Wildman–Crippen MR) is 84.6 cm³/mol. The molecule has 1 heterocycles. The molecule has 0 bridgehead atoms.